The van der Waals surface area contributed by atoms with E-state index in [-0.39, 0.29) is 35.0 Å². The van der Waals surface area contributed by atoms with Crippen LogP contribution in [0.4, 0.5) is 19.0 Å². The van der Waals surface area contributed by atoms with Gasteiger partial charge in [-0.25, -0.2) is 23.1 Å². The molecule has 8 rings (SSSR count). The predicted octanol–water partition coefficient (Wildman–Crippen LogP) is 5.19. The first-order chi connectivity index (χ1) is 24.9. The predicted molar refractivity (Wildman–Crippen MR) is 187 cm³/mol. The minimum Gasteiger partial charge on any atom is -0.490 e. The van der Waals surface area contributed by atoms with Crippen molar-refractivity contribution >= 4 is 11.7 Å². The minimum atomic E-state index is -2.81. The number of hydrogen-bond donors (Lipinski definition) is 0. The van der Waals surface area contributed by atoms with Crippen LogP contribution in [-0.4, -0.2) is 119 Å². The van der Waals surface area contributed by atoms with Crippen molar-refractivity contribution in [3.05, 3.63) is 65.6 Å². The van der Waals surface area contributed by atoms with E-state index in [2.05, 4.69) is 36.7 Å². The zero-order valence-electron chi connectivity index (χ0n) is 29.9. The van der Waals surface area contributed by atoms with Crippen LogP contribution in [0, 0.1) is 11.2 Å². The summed E-state index contributed by atoms with van der Waals surface area (Å²) in [6.07, 6.45) is 7.02. The van der Waals surface area contributed by atoms with Gasteiger partial charge in [-0.3, -0.25) is 14.7 Å². The number of carbonyl (C=O) groups excluding carboxylic acids is 1. The molecule has 5 heterocycles. The Bertz CT molecular complexity index is 1790. The van der Waals surface area contributed by atoms with Gasteiger partial charge in [0.05, 0.1) is 24.5 Å². The van der Waals surface area contributed by atoms with Gasteiger partial charge in [0.2, 0.25) is 0 Å². The highest BCUT2D eigenvalue weighted by molar-refractivity contribution is 5.97. The van der Waals surface area contributed by atoms with E-state index >= 15 is 0 Å². The summed E-state index contributed by atoms with van der Waals surface area (Å²) in [6.45, 7) is 10.4. The molecule has 2 saturated heterocycles. The van der Waals surface area contributed by atoms with Crippen LogP contribution in [0.1, 0.15) is 61.1 Å². The van der Waals surface area contributed by atoms with Crippen LogP contribution in [0.2, 0.25) is 0 Å². The smallest absolute Gasteiger partial charge is 0.258 e. The van der Waals surface area contributed by atoms with Gasteiger partial charge >= 0.3 is 0 Å². The number of fused-ring (bicyclic) bond motifs is 1. The third-order valence-corrected chi connectivity index (χ3v) is 11.2. The van der Waals surface area contributed by atoms with E-state index in [1.807, 2.05) is 12.3 Å². The van der Waals surface area contributed by atoms with Crippen LogP contribution in [0.15, 0.2) is 43.0 Å². The van der Waals surface area contributed by atoms with Gasteiger partial charge in [0.15, 0.2) is 11.6 Å². The molecule has 2 aliphatic carbocycles. The molecule has 1 amide bonds. The maximum absolute atomic E-state index is 14.5. The molecule has 4 fully saturated rings. The van der Waals surface area contributed by atoms with E-state index < -0.39 is 36.5 Å². The Labute approximate surface area is 302 Å². The molecule has 1 spiro atoms. The lowest BCUT2D eigenvalue weighted by Gasteiger charge is -2.59. The Morgan fingerprint density at radius 1 is 1.08 bits per heavy atom. The fourth-order valence-electron chi connectivity index (χ4n) is 8.62. The van der Waals surface area contributed by atoms with Crippen LogP contribution in [0.5, 0.6) is 17.2 Å². The first-order valence-corrected chi connectivity index (χ1v) is 18.3. The number of nitrogens with zero attached hydrogens (tertiary/aromatic N) is 7. The lowest BCUT2D eigenvalue weighted by atomic mass is 9.61. The van der Waals surface area contributed by atoms with Crippen molar-refractivity contribution in [1.29, 1.82) is 0 Å². The molecule has 2 saturated carbocycles. The Morgan fingerprint density at radius 2 is 1.88 bits per heavy atom. The molecule has 3 aromatic rings. The van der Waals surface area contributed by atoms with Crippen LogP contribution >= 0.6 is 0 Å². The molecule has 0 bridgehead atoms. The second kappa shape index (κ2) is 13.8. The fourth-order valence-corrected chi connectivity index (χ4v) is 8.62. The number of likely N-dealkylation sites (N-methyl/N-ethyl adjacent to an activating group) is 1. The second-order valence-corrected chi connectivity index (χ2v) is 15.7. The first kappa shape index (κ1) is 35.0. The lowest BCUT2D eigenvalue weighted by molar-refractivity contribution is -0.120. The number of anilines is 1. The van der Waals surface area contributed by atoms with E-state index in [1.165, 1.54) is 35.1 Å². The molecule has 278 valence electrons. The number of pyridine rings is 1. The van der Waals surface area contributed by atoms with E-state index in [1.54, 1.807) is 13.8 Å². The van der Waals surface area contributed by atoms with E-state index in [0.717, 1.165) is 89.2 Å². The quantitative estimate of drug-likeness (QED) is 0.279. The van der Waals surface area contributed by atoms with E-state index in [4.69, 9.17) is 14.2 Å². The summed E-state index contributed by atoms with van der Waals surface area (Å²) in [5, 5.41) is 0. The highest BCUT2D eigenvalue weighted by Crippen LogP contribution is 2.52. The van der Waals surface area contributed by atoms with Gasteiger partial charge in [-0.05, 0) is 58.0 Å². The van der Waals surface area contributed by atoms with Crippen molar-refractivity contribution in [2.75, 3.05) is 57.8 Å². The van der Waals surface area contributed by atoms with Gasteiger partial charge in [-0.2, -0.15) is 0 Å². The maximum Gasteiger partial charge on any atom is 0.258 e. The van der Waals surface area contributed by atoms with Gasteiger partial charge in [-0.15, -0.1) is 0 Å². The van der Waals surface area contributed by atoms with Gasteiger partial charge in [-0.1, -0.05) is 0 Å². The Kier molecular flexibility index (Phi) is 9.27. The number of amides is 1. The number of carbonyl (C=O) groups is 1. The standard InChI is InChI=1S/C38H46F3N7O4/c1-24(2)48(26-13-38(40,41)14-26)36(49)29-12-25(39)4-5-32(29)52-34-17-42-23-44-35(34)47-21-37(22-47)15-27(16-37)51-33-6-8-43-31-7-9-46(20-30(31)33)19-28-18-45(3)10-11-50-28/h4-6,8,12,17,23-24,26-28H,7,9-11,13-16,18-22H2,1-3H3/t28-/m0/s1. The summed E-state index contributed by atoms with van der Waals surface area (Å²) in [5.41, 5.74) is 2.35. The number of ether oxygens (including phenoxy) is 3. The van der Waals surface area contributed by atoms with Crippen molar-refractivity contribution in [3.63, 3.8) is 0 Å². The molecule has 3 aliphatic heterocycles. The van der Waals surface area contributed by atoms with Crippen LogP contribution in [-0.2, 0) is 17.7 Å². The normalized spacial score (nSPS) is 23.1. The highest BCUT2D eigenvalue weighted by Gasteiger charge is 2.54. The van der Waals surface area contributed by atoms with E-state index in [9.17, 15) is 18.0 Å². The van der Waals surface area contributed by atoms with E-state index in [0.29, 0.717) is 11.6 Å². The average Bonchev–Trinajstić information content (AvgIpc) is 3.05. The number of aromatic nitrogens is 3. The summed E-state index contributed by atoms with van der Waals surface area (Å²) in [6, 6.07) is 4.69. The molecular weight excluding hydrogens is 675 g/mol. The van der Waals surface area contributed by atoms with Gasteiger partial charge in [0.1, 0.15) is 29.7 Å². The summed E-state index contributed by atoms with van der Waals surface area (Å²) < 4.78 is 60.9. The number of alkyl halides is 2. The molecule has 1 aromatic carbocycles. The Morgan fingerprint density at radius 3 is 2.63 bits per heavy atom. The number of benzene rings is 1. The molecule has 11 nitrogen and oxygen atoms in total. The SMILES string of the molecule is CC(C)N(C(=O)c1cc(F)ccc1Oc1cncnc1N1CC2(CC(Oc3ccnc4c3CN(C[C@@H]3CN(C)CCO3)CC4)C2)C1)C1CC(F)(F)C1. The van der Waals surface area contributed by atoms with Crippen molar-refractivity contribution in [2.24, 2.45) is 5.41 Å². The zero-order chi connectivity index (χ0) is 36.2. The Hall–Kier alpha value is -4.01. The monoisotopic (exact) mass is 721 g/mol. The van der Waals surface area contributed by atoms with Gasteiger partial charge in [0.25, 0.3) is 11.8 Å². The van der Waals surface area contributed by atoms with Crippen molar-refractivity contribution in [2.45, 2.75) is 82.7 Å². The Balaban J connectivity index is 0.900. The fraction of sp³-hybridized carbons (Fsp3) is 0.579. The van der Waals surface area contributed by atoms with Crippen molar-refractivity contribution in [1.82, 2.24) is 29.7 Å². The minimum absolute atomic E-state index is 0.0332. The maximum atomic E-state index is 14.5. The molecule has 14 heteroatoms. The largest absolute Gasteiger partial charge is 0.490 e. The molecule has 0 unspecified atom stereocenters. The molecule has 52 heavy (non-hydrogen) atoms. The van der Waals surface area contributed by atoms with Crippen molar-refractivity contribution < 1.29 is 32.2 Å². The molecule has 0 N–H and O–H groups in total. The molecule has 5 aliphatic rings. The van der Waals surface area contributed by atoms with Crippen LogP contribution in [0.3, 0.4) is 0 Å². The first-order valence-electron chi connectivity index (χ1n) is 18.3. The van der Waals surface area contributed by atoms with Gasteiger partial charge in [0, 0.05) is 100 Å². The van der Waals surface area contributed by atoms with Crippen LogP contribution in [0.25, 0.3) is 0 Å². The molecule has 2 aromatic heterocycles. The zero-order valence-corrected chi connectivity index (χ0v) is 29.9. The van der Waals surface area contributed by atoms with Gasteiger partial charge < -0.3 is 28.9 Å². The third-order valence-electron chi connectivity index (χ3n) is 11.2. The number of morpholine rings is 1. The summed E-state index contributed by atoms with van der Waals surface area (Å²) in [7, 11) is 2.14. The number of rotatable bonds is 10. The highest BCUT2D eigenvalue weighted by atomic mass is 19.3. The van der Waals surface area contributed by atoms with Crippen molar-refractivity contribution in [3.8, 4) is 17.2 Å². The molecule has 1 atom stereocenters. The second-order valence-electron chi connectivity index (χ2n) is 15.7. The van der Waals surface area contributed by atoms with Crippen LogP contribution < -0.4 is 14.4 Å². The number of halogens is 3. The third kappa shape index (κ3) is 7.04. The topological polar surface area (TPSA) is 96.4 Å². The summed E-state index contributed by atoms with van der Waals surface area (Å²) in [4.78, 5) is 35.4. The summed E-state index contributed by atoms with van der Waals surface area (Å²) >= 11 is 0. The lowest BCUT2D eigenvalue weighted by Crippen LogP contribution is -2.65. The molecule has 0 radical (unpaired) electrons. The summed E-state index contributed by atoms with van der Waals surface area (Å²) in [5.74, 6) is -2.05. The number of hydrogen-bond acceptors (Lipinski definition) is 10. The molecular formula is C38H46F3N7O4. The average molecular weight is 722 g/mol.